The molecule has 0 bridgehead atoms. The lowest BCUT2D eigenvalue weighted by Gasteiger charge is -2.32. The molecule has 0 spiro atoms. The molecule has 0 amide bonds. The zero-order valence-corrected chi connectivity index (χ0v) is 13.4. The van der Waals surface area contributed by atoms with Crippen LogP contribution in [0.5, 0.6) is 5.75 Å². The minimum absolute atomic E-state index is 0.175. The van der Waals surface area contributed by atoms with Crippen LogP contribution in [-0.4, -0.2) is 25.0 Å². The Bertz CT molecular complexity index is 924. The Morgan fingerprint density at radius 2 is 1.76 bits per heavy atom. The first-order valence-corrected chi connectivity index (χ1v) is 7.75. The average molecular weight is 334 g/mol. The molecule has 2 aliphatic rings. The number of esters is 1. The van der Waals surface area contributed by atoms with Gasteiger partial charge in [-0.1, -0.05) is 42.5 Å². The van der Waals surface area contributed by atoms with E-state index in [-0.39, 0.29) is 16.9 Å². The first kappa shape index (κ1) is 15.2. The highest BCUT2D eigenvalue weighted by Crippen LogP contribution is 2.39. The van der Waals surface area contributed by atoms with Crippen molar-refractivity contribution in [2.24, 2.45) is 0 Å². The van der Waals surface area contributed by atoms with E-state index in [1.807, 2.05) is 30.3 Å². The van der Waals surface area contributed by atoms with Gasteiger partial charge < -0.3 is 14.2 Å². The topological polar surface area (TPSA) is 61.8 Å². The minimum Gasteiger partial charge on any atom is -0.480 e. The van der Waals surface area contributed by atoms with E-state index in [4.69, 9.17) is 14.2 Å². The molecule has 124 valence electrons. The number of methoxy groups -OCH3 is 1. The van der Waals surface area contributed by atoms with Gasteiger partial charge >= 0.3 is 5.97 Å². The Labute approximate surface area is 144 Å². The van der Waals surface area contributed by atoms with E-state index in [0.29, 0.717) is 22.6 Å². The number of hydrogen-bond acceptors (Lipinski definition) is 5. The molecule has 4 rings (SSSR count). The van der Waals surface area contributed by atoms with Gasteiger partial charge in [0.15, 0.2) is 11.9 Å². The summed E-state index contributed by atoms with van der Waals surface area (Å²) in [4.78, 5) is 25.2. The smallest absolute Gasteiger partial charge is 0.341 e. The summed E-state index contributed by atoms with van der Waals surface area (Å²) in [6.45, 7) is 0. The number of carbonyl (C=O) groups excluding carboxylic acids is 2. The van der Waals surface area contributed by atoms with Crippen molar-refractivity contribution < 1.29 is 23.8 Å². The first-order valence-electron chi connectivity index (χ1n) is 7.75. The highest BCUT2D eigenvalue weighted by molar-refractivity contribution is 6.15. The van der Waals surface area contributed by atoms with E-state index in [1.165, 1.54) is 13.4 Å². The fraction of sp³-hybridized carbons (Fsp3) is 0.100. The Morgan fingerprint density at radius 1 is 1.04 bits per heavy atom. The summed E-state index contributed by atoms with van der Waals surface area (Å²) >= 11 is 0. The molecule has 1 atom stereocenters. The molecule has 1 unspecified atom stereocenters. The summed E-state index contributed by atoms with van der Waals surface area (Å²) in [5.74, 6) is -0.0549. The summed E-state index contributed by atoms with van der Waals surface area (Å²) in [6, 6.07) is 16.1. The average Bonchev–Trinajstić information content (AvgIpc) is 2.67. The highest BCUT2D eigenvalue weighted by atomic mass is 16.5. The van der Waals surface area contributed by atoms with Crippen molar-refractivity contribution >= 4 is 17.5 Å². The summed E-state index contributed by atoms with van der Waals surface area (Å²) in [5.41, 5.74) is 1.60. The van der Waals surface area contributed by atoms with Crippen LogP contribution in [0.1, 0.15) is 15.9 Å². The van der Waals surface area contributed by atoms with Gasteiger partial charge in [-0.3, -0.25) is 4.79 Å². The van der Waals surface area contributed by atoms with Crippen LogP contribution in [0, 0.1) is 0 Å². The summed E-state index contributed by atoms with van der Waals surface area (Å²) in [5, 5.41) is 0. The number of ketones is 1. The largest absolute Gasteiger partial charge is 0.480 e. The van der Waals surface area contributed by atoms with Gasteiger partial charge in [-0.15, -0.1) is 0 Å². The van der Waals surface area contributed by atoms with Crippen LogP contribution in [0.15, 0.2) is 72.0 Å². The minimum atomic E-state index is -0.862. The van der Waals surface area contributed by atoms with E-state index in [0.717, 1.165) is 0 Å². The number of fused-ring (bicyclic) bond motifs is 2. The second-order valence-corrected chi connectivity index (χ2v) is 5.61. The van der Waals surface area contributed by atoms with Crippen molar-refractivity contribution in [3.05, 3.63) is 83.1 Å². The van der Waals surface area contributed by atoms with Crippen LogP contribution >= 0.6 is 0 Å². The molecule has 0 N–H and O–H groups in total. The summed E-state index contributed by atoms with van der Waals surface area (Å²) in [6.07, 6.45) is 0.497. The first-order chi connectivity index (χ1) is 12.2. The number of para-hydroxylation sites is 1. The van der Waals surface area contributed by atoms with Gasteiger partial charge in [0.2, 0.25) is 0 Å². The fourth-order valence-corrected chi connectivity index (χ4v) is 2.98. The number of Topliss-reactive ketones (excluding diaryl/α,β-unsaturated/α-hetero) is 1. The van der Waals surface area contributed by atoms with Crippen LogP contribution < -0.4 is 4.74 Å². The van der Waals surface area contributed by atoms with Crippen molar-refractivity contribution in [1.82, 2.24) is 0 Å². The normalized spacial score (nSPS) is 18.4. The molecular weight excluding hydrogens is 320 g/mol. The molecule has 5 heteroatoms. The van der Waals surface area contributed by atoms with Gasteiger partial charge in [0.1, 0.15) is 23.3 Å². The SMILES string of the molecule is COC(=O)C1=C(c2ccccc2)OC=C2C(=O)c3ccccc3OC21. The van der Waals surface area contributed by atoms with E-state index in [2.05, 4.69) is 0 Å². The van der Waals surface area contributed by atoms with Crippen molar-refractivity contribution in [2.45, 2.75) is 6.10 Å². The Kier molecular flexibility index (Phi) is 3.61. The van der Waals surface area contributed by atoms with Crippen molar-refractivity contribution in [3.8, 4) is 5.75 Å². The van der Waals surface area contributed by atoms with Crippen molar-refractivity contribution in [1.29, 1.82) is 0 Å². The number of carbonyl (C=O) groups is 2. The lowest BCUT2D eigenvalue weighted by molar-refractivity contribution is -0.137. The number of ether oxygens (including phenoxy) is 3. The van der Waals surface area contributed by atoms with E-state index in [9.17, 15) is 9.59 Å². The number of hydrogen-bond donors (Lipinski definition) is 0. The maximum atomic E-state index is 12.7. The summed E-state index contributed by atoms with van der Waals surface area (Å²) < 4.78 is 16.6. The molecule has 0 aromatic heterocycles. The molecule has 2 aromatic rings. The standard InChI is InChI=1S/C20H14O5/c1-23-20(22)16-18(12-7-3-2-4-8-12)24-11-14-17(21)13-9-5-6-10-15(13)25-19(14)16/h2-11,19H,1H3. The summed E-state index contributed by atoms with van der Waals surface area (Å²) in [7, 11) is 1.29. The lowest BCUT2D eigenvalue weighted by atomic mass is 9.89. The molecule has 0 aliphatic carbocycles. The Hall–Kier alpha value is -3.34. The number of rotatable bonds is 2. The molecule has 5 nitrogen and oxygen atoms in total. The van der Waals surface area contributed by atoms with Crippen LogP contribution in [-0.2, 0) is 14.3 Å². The lowest BCUT2D eigenvalue weighted by Crippen LogP contribution is -2.37. The highest BCUT2D eigenvalue weighted by Gasteiger charge is 2.42. The van der Waals surface area contributed by atoms with Crippen LogP contribution in [0.3, 0.4) is 0 Å². The molecule has 0 fully saturated rings. The Morgan fingerprint density at radius 3 is 2.52 bits per heavy atom. The maximum Gasteiger partial charge on any atom is 0.341 e. The molecule has 2 heterocycles. The van der Waals surface area contributed by atoms with Gasteiger partial charge in [0.05, 0.1) is 18.2 Å². The van der Waals surface area contributed by atoms with Crippen LogP contribution in [0.4, 0.5) is 0 Å². The van der Waals surface area contributed by atoms with Gasteiger partial charge in [0.25, 0.3) is 0 Å². The third-order valence-electron chi connectivity index (χ3n) is 4.17. The quantitative estimate of drug-likeness (QED) is 0.790. The predicted octanol–water partition coefficient (Wildman–Crippen LogP) is 3.13. The maximum absolute atomic E-state index is 12.7. The van der Waals surface area contributed by atoms with Gasteiger partial charge in [0, 0.05) is 5.56 Å². The molecular formula is C20H14O5. The third kappa shape index (κ3) is 2.41. The van der Waals surface area contributed by atoms with Crippen LogP contribution in [0.2, 0.25) is 0 Å². The molecule has 0 radical (unpaired) electrons. The van der Waals surface area contributed by atoms with E-state index < -0.39 is 12.1 Å². The van der Waals surface area contributed by atoms with Gasteiger partial charge in [-0.05, 0) is 12.1 Å². The van der Waals surface area contributed by atoms with Gasteiger partial charge in [-0.2, -0.15) is 0 Å². The number of benzene rings is 2. The third-order valence-corrected chi connectivity index (χ3v) is 4.17. The van der Waals surface area contributed by atoms with Crippen LogP contribution in [0.25, 0.3) is 5.76 Å². The zero-order chi connectivity index (χ0) is 17.4. The molecule has 0 saturated heterocycles. The second kappa shape index (κ2) is 5.94. The van der Waals surface area contributed by atoms with E-state index in [1.54, 1.807) is 24.3 Å². The monoisotopic (exact) mass is 334 g/mol. The van der Waals surface area contributed by atoms with Gasteiger partial charge in [-0.25, -0.2) is 4.79 Å². The zero-order valence-electron chi connectivity index (χ0n) is 13.4. The van der Waals surface area contributed by atoms with Crippen molar-refractivity contribution in [2.75, 3.05) is 7.11 Å². The van der Waals surface area contributed by atoms with Crippen molar-refractivity contribution in [3.63, 3.8) is 0 Å². The Balaban J connectivity index is 1.88. The molecule has 2 aromatic carbocycles. The fourth-order valence-electron chi connectivity index (χ4n) is 2.98. The van der Waals surface area contributed by atoms with E-state index >= 15 is 0 Å². The molecule has 25 heavy (non-hydrogen) atoms. The molecule has 2 aliphatic heterocycles. The second-order valence-electron chi connectivity index (χ2n) is 5.61. The predicted molar refractivity (Wildman–Crippen MR) is 89.7 cm³/mol. The molecule has 0 saturated carbocycles.